The molecule has 0 bridgehead atoms. The molecule has 1 saturated carbocycles. The van der Waals surface area contributed by atoms with Crippen LogP contribution in [-0.2, 0) is 0 Å². The number of β-amino-alcohol motifs (C(OH)–C–C–N with tert-alkyl or cyclic N) is 1. The molecule has 0 radical (unpaired) electrons. The zero-order valence-electron chi connectivity index (χ0n) is 13.3. The minimum atomic E-state index is 0.301. The number of likely N-dealkylation sites (tertiary alicyclic amines) is 1. The Hall–Kier alpha value is -0.120. The highest BCUT2D eigenvalue weighted by atomic mass is 16.3. The number of hydrogen-bond acceptors (Lipinski definition) is 3. The minimum Gasteiger partial charge on any atom is -0.395 e. The van der Waals surface area contributed by atoms with E-state index in [1.807, 2.05) is 0 Å². The molecular weight excluding hydrogens is 248 g/mol. The van der Waals surface area contributed by atoms with Gasteiger partial charge in [-0.05, 0) is 44.1 Å². The van der Waals surface area contributed by atoms with E-state index in [-0.39, 0.29) is 0 Å². The molecule has 1 aliphatic heterocycles. The van der Waals surface area contributed by atoms with Gasteiger partial charge in [0.25, 0.3) is 0 Å². The molecule has 0 aromatic heterocycles. The van der Waals surface area contributed by atoms with Crippen LogP contribution in [0.4, 0.5) is 0 Å². The smallest absolute Gasteiger partial charge is 0.0558 e. The van der Waals surface area contributed by atoms with Gasteiger partial charge in [-0.3, -0.25) is 4.90 Å². The van der Waals surface area contributed by atoms with Gasteiger partial charge in [0.05, 0.1) is 6.61 Å². The summed E-state index contributed by atoms with van der Waals surface area (Å²) in [6, 6.07) is 0.651. The highest BCUT2D eigenvalue weighted by molar-refractivity contribution is 4.84. The minimum absolute atomic E-state index is 0.301. The molecule has 0 aromatic carbocycles. The first-order chi connectivity index (χ1) is 9.81. The summed E-state index contributed by atoms with van der Waals surface area (Å²) in [6.45, 7) is 6.99. The van der Waals surface area contributed by atoms with E-state index in [2.05, 4.69) is 17.1 Å². The maximum atomic E-state index is 9.21. The van der Waals surface area contributed by atoms with E-state index in [1.54, 1.807) is 0 Å². The quantitative estimate of drug-likeness (QED) is 0.718. The van der Waals surface area contributed by atoms with Crippen molar-refractivity contribution in [2.45, 2.75) is 64.3 Å². The van der Waals surface area contributed by atoms with Crippen LogP contribution in [-0.4, -0.2) is 48.8 Å². The third-order valence-electron chi connectivity index (χ3n) is 5.16. The summed E-state index contributed by atoms with van der Waals surface area (Å²) in [4.78, 5) is 2.47. The van der Waals surface area contributed by atoms with Crippen molar-refractivity contribution >= 4 is 0 Å². The van der Waals surface area contributed by atoms with Gasteiger partial charge in [-0.25, -0.2) is 0 Å². The average Bonchev–Trinajstić information content (AvgIpc) is 2.96. The average molecular weight is 282 g/mol. The first-order valence-electron chi connectivity index (χ1n) is 8.88. The van der Waals surface area contributed by atoms with Gasteiger partial charge in [-0.15, -0.1) is 0 Å². The zero-order chi connectivity index (χ0) is 14.2. The fourth-order valence-corrected chi connectivity index (χ4v) is 4.02. The number of aliphatic hydroxyl groups excluding tert-OH is 1. The van der Waals surface area contributed by atoms with E-state index < -0.39 is 0 Å². The number of nitrogens with zero attached hydrogens (tertiary/aromatic N) is 1. The van der Waals surface area contributed by atoms with Crippen LogP contribution in [0, 0.1) is 11.8 Å². The molecule has 20 heavy (non-hydrogen) atoms. The molecular formula is C17H34N2O. The molecule has 0 aromatic rings. The van der Waals surface area contributed by atoms with E-state index >= 15 is 0 Å². The van der Waals surface area contributed by atoms with Crippen LogP contribution in [0.5, 0.6) is 0 Å². The second-order valence-electron chi connectivity index (χ2n) is 6.98. The van der Waals surface area contributed by atoms with E-state index in [4.69, 9.17) is 0 Å². The van der Waals surface area contributed by atoms with Crippen molar-refractivity contribution in [2.75, 3.05) is 32.8 Å². The SMILES string of the molecule is CCCCC1CC(NCC2CCCC2)CN(CCO)C1. The fraction of sp³-hybridized carbons (Fsp3) is 1.00. The lowest BCUT2D eigenvalue weighted by Gasteiger charge is -2.38. The van der Waals surface area contributed by atoms with Gasteiger partial charge in [-0.2, -0.15) is 0 Å². The Kier molecular flexibility index (Phi) is 7.32. The normalized spacial score (nSPS) is 29.1. The lowest BCUT2D eigenvalue weighted by Crippen LogP contribution is -2.50. The Morgan fingerprint density at radius 2 is 1.95 bits per heavy atom. The molecule has 1 saturated heterocycles. The van der Waals surface area contributed by atoms with Crippen LogP contribution < -0.4 is 5.32 Å². The molecule has 2 atom stereocenters. The summed E-state index contributed by atoms with van der Waals surface area (Å²) in [5.74, 6) is 1.76. The zero-order valence-corrected chi connectivity index (χ0v) is 13.3. The summed E-state index contributed by atoms with van der Waals surface area (Å²) in [6.07, 6.45) is 11.1. The lowest BCUT2D eigenvalue weighted by molar-refractivity contribution is 0.110. The number of rotatable bonds is 8. The van der Waals surface area contributed by atoms with E-state index in [0.717, 1.165) is 24.9 Å². The van der Waals surface area contributed by atoms with Crippen molar-refractivity contribution in [1.29, 1.82) is 0 Å². The molecule has 2 unspecified atom stereocenters. The number of hydrogen-bond donors (Lipinski definition) is 2. The maximum absolute atomic E-state index is 9.21. The van der Waals surface area contributed by atoms with Crippen LogP contribution in [0.1, 0.15) is 58.3 Å². The molecule has 2 rings (SSSR count). The molecule has 2 N–H and O–H groups in total. The summed E-state index contributed by atoms with van der Waals surface area (Å²) < 4.78 is 0. The Labute approximate surface area is 125 Å². The van der Waals surface area contributed by atoms with E-state index in [0.29, 0.717) is 12.6 Å². The maximum Gasteiger partial charge on any atom is 0.0558 e. The summed E-state index contributed by atoms with van der Waals surface area (Å²) in [7, 11) is 0. The summed E-state index contributed by atoms with van der Waals surface area (Å²) in [5.41, 5.74) is 0. The highest BCUT2D eigenvalue weighted by Crippen LogP contribution is 2.25. The second kappa shape index (κ2) is 9.01. The Morgan fingerprint density at radius 3 is 2.65 bits per heavy atom. The molecule has 0 amide bonds. The van der Waals surface area contributed by atoms with Gasteiger partial charge >= 0.3 is 0 Å². The first-order valence-corrected chi connectivity index (χ1v) is 8.88. The number of aliphatic hydroxyl groups is 1. The molecule has 3 heteroatoms. The predicted octanol–water partition coefficient (Wildman–Crippen LogP) is 2.64. The lowest BCUT2D eigenvalue weighted by atomic mass is 9.89. The van der Waals surface area contributed by atoms with Gasteiger partial charge in [0.2, 0.25) is 0 Å². The van der Waals surface area contributed by atoms with Crippen LogP contribution in [0.2, 0.25) is 0 Å². The van der Waals surface area contributed by atoms with Crippen molar-refractivity contribution in [3.8, 4) is 0 Å². The topological polar surface area (TPSA) is 35.5 Å². The Balaban J connectivity index is 1.76. The monoisotopic (exact) mass is 282 g/mol. The molecule has 3 nitrogen and oxygen atoms in total. The summed E-state index contributed by atoms with van der Waals surface area (Å²) >= 11 is 0. The predicted molar refractivity (Wildman–Crippen MR) is 84.9 cm³/mol. The Bertz CT molecular complexity index is 253. The van der Waals surface area contributed by atoms with Gasteiger partial charge in [0, 0.05) is 25.7 Å². The second-order valence-corrected chi connectivity index (χ2v) is 6.98. The standard InChI is InChI=1S/C17H34N2O/c1-2-3-6-16-11-17(14-19(13-16)9-10-20)18-12-15-7-4-5-8-15/h15-18,20H,2-14H2,1H3. The molecule has 1 heterocycles. The van der Waals surface area contributed by atoms with Crippen LogP contribution in [0.25, 0.3) is 0 Å². The number of unbranched alkanes of at least 4 members (excludes halogenated alkanes) is 1. The molecule has 118 valence electrons. The van der Waals surface area contributed by atoms with Gasteiger partial charge < -0.3 is 10.4 Å². The number of piperidine rings is 1. The van der Waals surface area contributed by atoms with Crippen molar-refractivity contribution in [2.24, 2.45) is 11.8 Å². The molecule has 0 spiro atoms. The molecule has 2 aliphatic rings. The van der Waals surface area contributed by atoms with Crippen LogP contribution in [0.3, 0.4) is 0 Å². The largest absolute Gasteiger partial charge is 0.395 e. The Morgan fingerprint density at radius 1 is 1.15 bits per heavy atom. The molecule has 1 aliphatic carbocycles. The highest BCUT2D eigenvalue weighted by Gasteiger charge is 2.27. The number of nitrogens with one attached hydrogen (secondary N) is 1. The van der Waals surface area contributed by atoms with Gasteiger partial charge in [-0.1, -0.05) is 32.6 Å². The third kappa shape index (κ3) is 5.34. The van der Waals surface area contributed by atoms with Crippen molar-refractivity contribution in [1.82, 2.24) is 10.2 Å². The van der Waals surface area contributed by atoms with E-state index in [9.17, 15) is 5.11 Å². The van der Waals surface area contributed by atoms with Crippen molar-refractivity contribution < 1.29 is 5.11 Å². The summed E-state index contributed by atoms with van der Waals surface area (Å²) in [5, 5.41) is 13.0. The van der Waals surface area contributed by atoms with E-state index in [1.165, 1.54) is 64.5 Å². The van der Waals surface area contributed by atoms with Crippen LogP contribution >= 0.6 is 0 Å². The van der Waals surface area contributed by atoms with Gasteiger partial charge in [0.15, 0.2) is 0 Å². The fourth-order valence-electron chi connectivity index (χ4n) is 4.02. The molecule has 2 fully saturated rings. The first kappa shape index (κ1) is 16.3. The van der Waals surface area contributed by atoms with Gasteiger partial charge in [0.1, 0.15) is 0 Å². The van der Waals surface area contributed by atoms with Crippen molar-refractivity contribution in [3.63, 3.8) is 0 Å². The van der Waals surface area contributed by atoms with Crippen molar-refractivity contribution in [3.05, 3.63) is 0 Å². The third-order valence-corrected chi connectivity index (χ3v) is 5.16. The van der Waals surface area contributed by atoms with Crippen LogP contribution in [0.15, 0.2) is 0 Å².